The molecule has 14 heavy (non-hydrogen) atoms. The number of nitrogens with one attached hydrogen (secondary N) is 1. The van der Waals surface area contributed by atoms with Crippen LogP contribution in [0.1, 0.15) is 0 Å². The van der Waals surface area contributed by atoms with Crippen molar-refractivity contribution in [2.45, 2.75) is 0 Å². The minimum atomic E-state index is -0.358. The molecule has 1 saturated heterocycles. The quantitative estimate of drug-likeness (QED) is 0.555. The van der Waals surface area contributed by atoms with E-state index in [0.29, 0.717) is 26.2 Å². The number of carbonyl (C=O) groups is 2. The molecule has 79 valence electrons. The van der Waals surface area contributed by atoms with Crippen LogP contribution < -0.4 is 5.73 Å². The van der Waals surface area contributed by atoms with Gasteiger partial charge in [0, 0.05) is 26.2 Å². The number of ether oxygens (including phenoxy) is 1. The van der Waals surface area contributed by atoms with Gasteiger partial charge in [0.05, 0.1) is 13.7 Å². The number of methoxy groups -OCH3 is 1. The highest BCUT2D eigenvalue weighted by Gasteiger charge is 2.23. The van der Waals surface area contributed by atoms with E-state index >= 15 is 0 Å². The standard InChI is InChI=1S/C8H14N3O3/c1-14-8(13)11-4-2-10(3-5-11)7(12)6-9/h9H,2-6H2,1H3. The van der Waals surface area contributed by atoms with Crippen molar-refractivity contribution in [3.8, 4) is 0 Å². The van der Waals surface area contributed by atoms with Crippen LogP contribution in [-0.2, 0) is 9.53 Å². The van der Waals surface area contributed by atoms with Crippen LogP contribution in [0.15, 0.2) is 0 Å². The van der Waals surface area contributed by atoms with Gasteiger partial charge in [-0.05, 0) is 0 Å². The minimum Gasteiger partial charge on any atom is -0.453 e. The van der Waals surface area contributed by atoms with Crippen molar-refractivity contribution in [2.24, 2.45) is 0 Å². The molecule has 0 bridgehead atoms. The summed E-state index contributed by atoms with van der Waals surface area (Å²) < 4.78 is 4.56. The zero-order chi connectivity index (χ0) is 10.6. The van der Waals surface area contributed by atoms with Crippen molar-refractivity contribution in [1.29, 1.82) is 0 Å². The van der Waals surface area contributed by atoms with Crippen LogP contribution in [0.2, 0.25) is 0 Å². The normalized spacial score (nSPS) is 16.7. The number of nitrogens with zero attached hydrogens (tertiary/aromatic N) is 2. The van der Waals surface area contributed by atoms with E-state index in [1.54, 1.807) is 9.80 Å². The van der Waals surface area contributed by atoms with Gasteiger partial charge in [0.15, 0.2) is 0 Å². The molecule has 0 aromatic heterocycles. The Kier molecular flexibility index (Phi) is 3.70. The van der Waals surface area contributed by atoms with Gasteiger partial charge in [0.25, 0.3) is 0 Å². The first-order valence-electron chi connectivity index (χ1n) is 4.44. The fourth-order valence-electron chi connectivity index (χ4n) is 1.38. The van der Waals surface area contributed by atoms with Crippen molar-refractivity contribution < 1.29 is 14.3 Å². The largest absolute Gasteiger partial charge is 0.453 e. The van der Waals surface area contributed by atoms with E-state index in [4.69, 9.17) is 5.73 Å². The summed E-state index contributed by atoms with van der Waals surface area (Å²) in [6, 6.07) is 0. The molecule has 0 aromatic carbocycles. The lowest BCUT2D eigenvalue weighted by Gasteiger charge is -2.33. The fourth-order valence-corrected chi connectivity index (χ4v) is 1.38. The summed E-state index contributed by atoms with van der Waals surface area (Å²) >= 11 is 0. The zero-order valence-electron chi connectivity index (χ0n) is 8.15. The molecule has 1 heterocycles. The van der Waals surface area contributed by atoms with Crippen molar-refractivity contribution in [1.82, 2.24) is 15.5 Å². The Morgan fingerprint density at radius 2 is 1.71 bits per heavy atom. The van der Waals surface area contributed by atoms with E-state index in [1.165, 1.54) is 7.11 Å². The number of hydrogen-bond acceptors (Lipinski definition) is 3. The van der Waals surface area contributed by atoms with Gasteiger partial charge in [0.1, 0.15) is 0 Å². The van der Waals surface area contributed by atoms with Gasteiger partial charge in [0.2, 0.25) is 5.91 Å². The minimum absolute atomic E-state index is 0.186. The first kappa shape index (κ1) is 10.8. The molecule has 1 fully saturated rings. The molecular weight excluding hydrogens is 186 g/mol. The van der Waals surface area contributed by atoms with Gasteiger partial charge >= 0.3 is 6.09 Å². The Hall–Kier alpha value is -1.30. The van der Waals surface area contributed by atoms with Gasteiger partial charge < -0.3 is 14.5 Å². The van der Waals surface area contributed by atoms with Gasteiger partial charge in [-0.25, -0.2) is 10.5 Å². The van der Waals surface area contributed by atoms with Crippen LogP contribution in [0.3, 0.4) is 0 Å². The van der Waals surface area contributed by atoms with E-state index in [1.807, 2.05) is 0 Å². The summed E-state index contributed by atoms with van der Waals surface area (Å²) in [6.07, 6.45) is -0.358. The molecule has 1 aliphatic rings. The van der Waals surface area contributed by atoms with Crippen molar-refractivity contribution >= 4 is 12.0 Å². The summed E-state index contributed by atoms with van der Waals surface area (Å²) in [4.78, 5) is 25.3. The Bertz CT molecular complexity index is 200. The second-order valence-corrected chi connectivity index (χ2v) is 3.01. The highest BCUT2D eigenvalue weighted by Crippen LogP contribution is 2.03. The third-order valence-electron chi connectivity index (χ3n) is 2.22. The first-order chi connectivity index (χ1) is 6.69. The molecule has 6 heteroatoms. The maximum atomic E-state index is 11.1. The second-order valence-electron chi connectivity index (χ2n) is 3.01. The smallest absolute Gasteiger partial charge is 0.409 e. The van der Waals surface area contributed by atoms with E-state index in [0.717, 1.165) is 0 Å². The molecule has 0 unspecified atom stereocenters. The first-order valence-corrected chi connectivity index (χ1v) is 4.44. The maximum Gasteiger partial charge on any atom is 0.409 e. The predicted molar refractivity (Wildman–Crippen MR) is 48.5 cm³/mol. The molecule has 0 aliphatic carbocycles. The van der Waals surface area contributed by atoms with Gasteiger partial charge in [-0.2, -0.15) is 0 Å². The maximum absolute atomic E-state index is 11.1. The van der Waals surface area contributed by atoms with Crippen LogP contribution in [0.5, 0.6) is 0 Å². The summed E-state index contributed by atoms with van der Waals surface area (Å²) in [5.74, 6) is -0.186. The number of rotatable bonds is 1. The Labute approximate surface area is 82.6 Å². The van der Waals surface area contributed by atoms with Crippen LogP contribution in [0, 0.1) is 0 Å². The van der Waals surface area contributed by atoms with Crippen molar-refractivity contribution in [3.05, 3.63) is 0 Å². The molecule has 1 rings (SSSR count). The summed E-state index contributed by atoms with van der Waals surface area (Å²) in [7, 11) is 1.34. The van der Waals surface area contributed by atoms with Crippen LogP contribution in [0.25, 0.3) is 0 Å². The molecule has 1 N–H and O–H groups in total. The zero-order valence-corrected chi connectivity index (χ0v) is 8.15. The van der Waals surface area contributed by atoms with Crippen LogP contribution in [-0.4, -0.2) is 61.6 Å². The topological polar surface area (TPSA) is 73.7 Å². The Morgan fingerprint density at radius 3 is 2.14 bits per heavy atom. The van der Waals surface area contributed by atoms with E-state index < -0.39 is 0 Å². The molecular formula is C8H14N3O3. The molecule has 2 amide bonds. The second kappa shape index (κ2) is 4.80. The molecule has 1 aliphatic heterocycles. The third-order valence-corrected chi connectivity index (χ3v) is 2.22. The average molecular weight is 200 g/mol. The van der Waals surface area contributed by atoms with Gasteiger partial charge in [-0.1, -0.05) is 0 Å². The summed E-state index contributed by atoms with van der Waals surface area (Å²) in [5.41, 5.74) is 6.92. The predicted octanol–water partition coefficient (Wildman–Crippen LogP) is -0.820. The van der Waals surface area contributed by atoms with Crippen molar-refractivity contribution in [3.63, 3.8) is 0 Å². The average Bonchev–Trinajstić information content (AvgIpc) is 2.27. The number of amides is 2. The highest BCUT2D eigenvalue weighted by molar-refractivity contribution is 5.78. The Balaban J connectivity index is 2.38. The van der Waals surface area contributed by atoms with Gasteiger partial charge in [-0.15, -0.1) is 0 Å². The number of hydrogen-bond donors (Lipinski definition) is 0. The molecule has 1 radical (unpaired) electrons. The lowest BCUT2D eigenvalue weighted by molar-refractivity contribution is -0.131. The van der Waals surface area contributed by atoms with Crippen molar-refractivity contribution in [2.75, 3.05) is 39.8 Å². The van der Waals surface area contributed by atoms with Crippen LogP contribution >= 0.6 is 0 Å². The number of carbonyl (C=O) groups excluding carboxylic acids is 2. The molecule has 0 spiro atoms. The SMILES string of the molecule is COC(=O)N1CCN(C(=O)C[NH])CC1. The molecule has 0 atom stereocenters. The van der Waals surface area contributed by atoms with Crippen LogP contribution in [0.4, 0.5) is 4.79 Å². The molecule has 0 aromatic rings. The molecule has 6 nitrogen and oxygen atoms in total. The van der Waals surface area contributed by atoms with E-state index in [9.17, 15) is 9.59 Å². The molecule has 0 saturated carbocycles. The van der Waals surface area contributed by atoms with Gasteiger partial charge in [-0.3, -0.25) is 4.79 Å². The van der Waals surface area contributed by atoms with E-state index in [-0.39, 0.29) is 18.5 Å². The van der Waals surface area contributed by atoms with E-state index in [2.05, 4.69) is 4.74 Å². The number of piperazine rings is 1. The lowest BCUT2D eigenvalue weighted by atomic mass is 10.3. The summed E-state index contributed by atoms with van der Waals surface area (Å²) in [5, 5.41) is 0. The Morgan fingerprint density at radius 1 is 1.21 bits per heavy atom. The monoisotopic (exact) mass is 200 g/mol. The lowest BCUT2D eigenvalue weighted by Crippen LogP contribution is -2.51. The third kappa shape index (κ3) is 2.35. The fraction of sp³-hybridized carbons (Fsp3) is 0.750. The highest BCUT2D eigenvalue weighted by atomic mass is 16.5. The summed E-state index contributed by atoms with van der Waals surface area (Å²) in [6.45, 7) is 1.73.